The lowest BCUT2D eigenvalue weighted by Gasteiger charge is -2.29. The maximum atomic E-state index is 11.8. The quantitative estimate of drug-likeness (QED) is 0.742. The minimum atomic E-state index is -2.93. The van der Waals surface area contributed by atoms with Gasteiger partial charge >= 0.3 is 0 Å². The van der Waals surface area contributed by atoms with E-state index in [1.54, 1.807) is 6.33 Å². The Morgan fingerprint density at radius 1 is 1.08 bits per heavy atom. The van der Waals surface area contributed by atoms with Crippen molar-refractivity contribution >= 4 is 21.5 Å². The van der Waals surface area contributed by atoms with Crippen LogP contribution in [0.5, 0.6) is 0 Å². The highest BCUT2D eigenvalue weighted by molar-refractivity contribution is 7.91. The molecule has 7 heteroatoms. The summed E-state index contributed by atoms with van der Waals surface area (Å²) in [4.78, 5) is 13.2. The molecule has 0 radical (unpaired) electrons. The van der Waals surface area contributed by atoms with Crippen molar-refractivity contribution in [3.63, 3.8) is 0 Å². The molecule has 1 aliphatic rings. The van der Waals surface area contributed by atoms with Crippen molar-refractivity contribution < 1.29 is 8.42 Å². The first-order valence-electron chi connectivity index (χ1n) is 9.10. The summed E-state index contributed by atoms with van der Waals surface area (Å²) in [6, 6.07) is 12.3. The minimum Gasteiger partial charge on any atom is -0.353 e. The van der Waals surface area contributed by atoms with E-state index in [1.807, 2.05) is 31.2 Å². The van der Waals surface area contributed by atoms with Crippen LogP contribution in [0.25, 0.3) is 0 Å². The fraction of sp³-hybridized carbons (Fsp3) is 0.474. The third-order valence-electron chi connectivity index (χ3n) is 4.84. The molecule has 0 aliphatic carbocycles. The Kier molecular flexibility index (Phi) is 5.76. The number of nitrogens with zero attached hydrogens (tertiary/aromatic N) is 4. The molecule has 0 saturated carbocycles. The topological polar surface area (TPSA) is 66.4 Å². The van der Waals surface area contributed by atoms with Gasteiger partial charge in [-0.05, 0) is 25.8 Å². The maximum absolute atomic E-state index is 11.8. The number of aromatic nitrogens is 2. The van der Waals surface area contributed by atoms with Crippen LogP contribution in [0, 0.1) is 0 Å². The fourth-order valence-electron chi connectivity index (χ4n) is 3.45. The molecule has 2 aromatic rings. The van der Waals surface area contributed by atoms with E-state index in [0.717, 1.165) is 31.3 Å². The normalized spacial score (nSPS) is 18.6. The molecule has 0 bridgehead atoms. The lowest BCUT2D eigenvalue weighted by Crippen LogP contribution is -2.37. The Morgan fingerprint density at radius 2 is 1.81 bits per heavy atom. The maximum Gasteiger partial charge on any atom is 0.152 e. The van der Waals surface area contributed by atoms with Gasteiger partial charge < -0.3 is 9.80 Å². The smallest absolute Gasteiger partial charge is 0.152 e. The zero-order valence-electron chi connectivity index (χ0n) is 15.4. The van der Waals surface area contributed by atoms with Crippen LogP contribution in [-0.2, 0) is 16.4 Å². The fourth-order valence-corrected chi connectivity index (χ4v) is 5.18. The van der Waals surface area contributed by atoms with Gasteiger partial charge in [0.2, 0.25) is 0 Å². The molecule has 1 aromatic carbocycles. The van der Waals surface area contributed by atoms with E-state index in [2.05, 4.69) is 38.8 Å². The molecular formula is C19H26N4O2S. The zero-order valence-corrected chi connectivity index (χ0v) is 16.2. The van der Waals surface area contributed by atoms with Gasteiger partial charge in [0.25, 0.3) is 0 Å². The Balaban J connectivity index is 1.82. The van der Waals surface area contributed by atoms with E-state index < -0.39 is 9.84 Å². The second-order valence-corrected chi connectivity index (χ2v) is 8.81. The zero-order chi connectivity index (χ0) is 18.6. The second-order valence-electron chi connectivity index (χ2n) is 6.58. The monoisotopic (exact) mass is 374 g/mol. The Hall–Kier alpha value is -2.15. The lowest BCUT2D eigenvalue weighted by atomic mass is 10.2. The first kappa shape index (κ1) is 18.6. The number of rotatable bonds is 7. The van der Waals surface area contributed by atoms with Gasteiger partial charge in [-0.15, -0.1) is 0 Å². The Bertz CT molecular complexity index is 826. The van der Waals surface area contributed by atoms with Crippen LogP contribution in [-0.4, -0.2) is 49.0 Å². The molecule has 3 rings (SSSR count). The van der Waals surface area contributed by atoms with Crippen LogP contribution in [0.3, 0.4) is 0 Å². The van der Waals surface area contributed by atoms with Crippen LogP contribution in [0.4, 0.5) is 11.6 Å². The largest absolute Gasteiger partial charge is 0.353 e. The molecule has 1 fully saturated rings. The number of anilines is 2. The van der Waals surface area contributed by atoms with Gasteiger partial charge in [0.05, 0.1) is 11.5 Å². The lowest BCUT2D eigenvalue weighted by molar-refractivity contribution is 0.599. The van der Waals surface area contributed by atoms with Gasteiger partial charge in [0, 0.05) is 31.7 Å². The number of hydrogen-bond acceptors (Lipinski definition) is 6. The third-order valence-corrected chi connectivity index (χ3v) is 6.59. The molecule has 1 atom stereocenters. The molecule has 26 heavy (non-hydrogen) atoms. The molecule has 2 heterocycles. The minimum absolute atomic E-state index is 0.00282. The molecule has 0 amide bonds. The Morgan fingerprint density at radius 3 is 2.42 bits per heavy atom. The van der Waals surface area contributed by atoms with Crippen LogP contribution < -0.4 is 9.80 Å². The van der Waals surface area contributed by atoms with Gasteiger partial charge in [-0.1, -0.05) is 30.3 Å². The molecule has 0 N–H and O–H groups in total. The van der Waals surface area contributed by atoms with Gasteiger partial charge in [-0.2, -0.15) is 0 Å². The first-order chi connectivity index (χ1) is 12.5. The standard InChI is InChI=1S/C19H26N4O2S/c1-3-22(13-16-8-6-5-7-9-16)18-12-19(21-15-20-18)23(4-2)17-10-11-26(24,25)14-17/h5-9,12,15,17H,3-4,10-11,13-14H2,1-2H3. The van der Waals surface area contributed by atoms with E-state index in [4.69, 9.17) is 0 Å². The number of sulfone groups is 1. The summed E-state index contributed by atoms with van der Waals surface area (Å²) in [5.41, 5.74) is 1.23. The summed E-state index contributed by atoms with van der Waals surface area (Å²) >= 11 is 0. The highest BCUT2D eigenvalue weighted by Gasteiger charge is 2.32. The van der Waals surface area contributed by atoms with Crippen LogP contribution in [0.2, 0.25) is 0 Å². The third kappa shape index (κ3) is 4.33. The summed E-state index contributed by atoms with van der Waals surface area (Å²) in [5, 5.41) is 0. The highest BCUT2D eigenvalue weighted by atomic mass is 32.2. The van der Waals surface area contributed by atoms with Gasteiger partial charge in [-0.3, -0.25) is 0 Å². The van der Waals surface area contributed by atoms with Crippen molar-refractivity contribution in [2.45, 2.75) is 32.9 Å². The molecule has 1 aliphatic heterocycles. The number of hydrogen-bond donors (Lipinski definition) is 0. The second kappa shape index (κ2) is 8.03. The molecular weight excluding hydrogens is 348 g/mol. The first-order valence-corrected chi connectivity index (χ1v) is 10.9. The van der Waals surface area contributed by atoms with Gasteiger partial charge in [0.15, 0.2) is 9.84 Å². The number of benzene rings is 1. The summed E-state index contributed by atoms with van der Waals surface area (Å²) in [5.74, 6) is 2.13. The highest BCUT2D eigenvalue weighted by Crippen LogP contribution is 2.25. The van der Waals surface area contributed by atoms with E-state index in [0.29, 0.717) is 6.42 Å². The van der Waals surface area contributed by atoms with Crippen molar-refractivity contribution in [1.29, 1.82) is 0 Å². The van der Waals surface area contributed by atoms with E-state index in [9.17, 15) is 8.42 Å². The van der Waals surface area contributed by atoms with Crippen molar-refractivity contribution in [2.75, 3.05) is 34.4 Å². The molecule has 140 valence electrons. The van der Waals surface area contributed by atoms with E-state index >= 15 is 0 Å². The molecule has 1 unspecified atom stereocenters. The SMILES string of the molecule is CCN(Cc1ccccc1)c1cc(N(CC)C2CCS(=O)(=O)C2)ncn1. The van der Waals surface area contributed by atoms with Crippen LogP contribution in [0.1, 0.15) is 25.8 Å². The van der Waals surface area contributed by atoms with Crippen LogP contribution in [0.15, 0.2) is 42.7 Å². The molecule has 0 spiro atoms. The summed E-state index contributed by atoms with van der Waals surface area (Å²) in [6.45, 7) is 6.47. The average molecular weight is 375 g/mol. The van der Waals surface area contributed by atoms with Crippen LogP contribution >= 0.6 is 0 Å². The van der Waals surface area contributed by atoms with Crippen molar-refractivity contribution in [1.82, 2.24) is 9.97 Å². The molecule has 1 aromatic heterocycles. The van der Waals surface area contributed by atoms with Crippen molar-refractivity contribution in [3.05, 3.63) is 48.3 Å². The summed E-state index contributed by atoms with van der Waals surface area (Å²) < 4.78 is 23.7. The van der Waals surface area contributed by atoms with Gasteiger partial charge in [-0.25, -0.2) is 18.4 Å². The predicted molar refractivity (Wildman–Crippen MR) is 105 cm³/mol. The van der Waals surface area contributed by atoms with Crippen molar-refractivity contribution in [3.8, 4) is 0 Å². The van der Waals surface area contributed by atoms with E-state index in [-0.39, 0.29) is 17.5 Å². The van der Waals surface area contributed by atoms with Crippen molar-refractivity contribution in [2.24, 2.45) is 0 Å². The average Bonchev–Trinajstić information content (AvgIpc) is 3.01. The summed E-state index contributed by atoms with van der Waals surface area (Å²) in [6.07, 6.45) is 2.24. The summed E-state index contributed by atoms with van der Waals surface area (Å²) in [7, 11) is -2.93. The predicted octanol–water partition coefficient (Wildman–Crippen LogP) is 2.52. The van der Waals surface area contributed by atoms with Gasteiger partial charge in [0.1, 0.15) is 18.0 Å². The van der Waals surface area contributed by atoms with E-state index in [1.165, 1.54) is 5.56 Å². The Labute approximate surface area is 155 Å². The molecule has 6 nitrogen and oxygen atoms in total. The molecule has 1 saturated heterocycles.